The van der Waals surface area contributed by atoms with Crippen molar-refractivity contribution in [2.24, 2.45) is 11.7 Å². The third-order valence-corrected chi connectivity index (χ3v) is 2.49. The molecule has 0 radical (unpaired) electrons. The normalized spacial score (nSPS) is 12.5. The second kappa shape index (κ2) is 5.07. The summed E-state index contributed by atoms with van der Waals surface area (Å²) in [4.78, 5) is 4.45. The minimum atomic E-state index is 0.0907. The first kappa shape index (κ1) is 11.9. The van der Waals surface area contributed by atoms with Gasteiger partial charge in [0.25, 0.3) is 0 Å². The topological polar surface area (TPSA) is 48.1 Å². The molecule has 0 aliphatic carbocycles. The lowest BCUT2D eigenvalue weighted by atomic mass is 10.1. The maximum absolute atomic E-state index is 5.69. The van der Waals surface area contributed by atoms with Gasteiger partial charge in [-0.15, -0.1) is 0 Å². The number of nitrogens with zero attached hydrogens (tertiary/aromatic N) is 1. The lowest BCUT2D eigenvalue weighted by Gasteiger charge is -2.18. The summed E-state index contributed by atoms with van der Waals surface area (Å²) in [6.07, 6.45) is 1.76. The molecule has 0 bridgehead atoms. The number of ether oxygens (including phenoxy) is 1. The molecule has 0 fully saturated rings. The first-order chi connectivity index (χ1) is 7.02. The van der Waals surface area contributed by atoms with E-state index in [0.29, 0.717) is 22.3 Å². The van der Waals surface area contributed by atoms with Crippen molar-refractivity contribution in [1.29, 1.82) is 0 Å². The van der Waals surface area contributed by atoms with Crippen LogP contribution in [0.15, 0.2) is 18.3 Å². The molecule has 0 aromatic carbocycles. The standard InChI is InChI=1S/C11H16N2OS/c1-7(2)8(3)14-11-9(10(12)15)5-4-6-13-11/h4-8H,1-3H3,(H2,12,15). The highest BCUT2D eigenvalue weighted by molar-refractivity contribution is 7.80. The van der Waals surface area contributed by atoms with E-state index in [1.54, 1.807) is 12.3 Å². The molecular weight excluding hydrogens is 208 g/mol. The van der Waals surface area contributed by atoms with Crippen molar-refractivity contribution in [3.8, 4) is 5.88 Å². The number of rotatable bonds is 4. The Bertz CT molecular complexity index is 352. The van der Waals surface area contributed by atoms with E-state index >= 15 is 0 Å². The molecule has 2 N–H and O–H groups in total. The van der Waals surface area contributed by atoms with Crippen LogP contribution in [-0.4, -0.2) is 16.1 Å². The summed E-state index contributed by atoms with van der Waals surface area (Å²) in [5.41, 5.74) is 6.27. The highest BCUT2D eigenvalue weighted by Crippen LogP contribution is 2.17. The van der Waals surface area contributed by atoms with Crippen LogP contribution >= 0.6 is 12.2 Å². The first-order valence-electron chi connectivity index (χ1n) is 4.94. The van der Waals surface area contributed by atoms with Crippen molar-refractivity contribution in [3.63, 3.8) is 0 Å². The molecule has 0 saturated heterocycles. The molecular formula is C11H16N2OS. The molecule has 1 aromatic rings. The molecule has 0 amide bonds. The molecule has 0 aliphatic rings. The van der Waals surface area contributed by atoms with Crippen molar-refractivity contribution < 1.29 is 4.74 Å². The minimum absolute atomic E-state index is 0.0907. The smallest absolute Gasteiger partial charge is 0.223 e. The van der Waals surface area contributed by atoms with Gasteiger partial charge in [0.05, 0.1) is 11.7 Å². The van der Waals surface area contributed by atoms with E-state index in [1.165, 1.54) is 0 Å². The number of hydrogen-bond donors (Lipinski definition) is 1. The van der Waals surface area contributed by atoms with Crippen LogP contribution in [0, 0.1) is 5.92 Å². The van der Waals surface area contributed by atoms with E-state index < -0.39 is 0 Å². The summed E-state index contributed by atoms with van der Waals surface area (Å²) < 4.78 is 5.69. The Hall–Kier alpha value is -1.16. The number of aromatic nitrogens is 1. The van der Waals surface area contributed by atoms with E-state index in [2.05, 4.69) is 18.8 Å². The van der Waals surface area contributed by atoms with Crippen LogP contribution in [0.2, 0.25) is 0 Å². The van der Waals surface area contributed by atoms with Gasteiger partial charge in [-0.05, 0) is 25.0 Å². The van der Waals surface area contributed by atoms with E-state index in [0.717, 1.165) is 0 Å². The lowest BCUT2D eigenvalue weighted by Crippen LogP contribution is -2.21. The van der Waals surface area contributed by atoms with Gasteiger partial charge in [-0.3, -0.25) is 0 Å². The monoisotopic (exact) mass is 224 g/mol. The van der Waals surface area contributed by atoms with Crippen LogP contribution in [0.5, 0.6) is 5.88 Å². The molecule has 15 heavy (non-hydrogen) atoms. The summed E-state index contributed by atoms with van der Waals surface area (Å²) in [5, 5.41) is 0. The predicted octanol–water partition coefficient (Wildman–Crippen LogP) is 2.14. The maximum Gasteiger partial charge on any atom is 0.223 e. The van der Waals surface area contributed by atoms with E-state index in [-0.39, 0.29) is 6.10 Å². The summed E-state index contributed by atoms with van der Waals surface area (Å²) in [6, 6.07) is 3.61. The molecule has 0 aliphatic heterocycles. The second-order valence-electron chi connectivity index (χ2n) is 3.79. The summed E-state index contributed by atoms with van der Waals surface area (Å²) in [5.74, 6) is 0.942. The Morgan fingerprint density at radius 1 is 1.47 bits per heavy atom. The average molecular weight is 224 g/mol. The largest absolute Gasteiger partial charge is 0.474 e. The molecule has 1 aromatic heterocycles. The van der Waals surface area contributed by atoms with E-state index in [4.69, 9.17) is 22.7 Å². The highest BCUT2D eigenvalue weighted by atomic mass is 32.1. The molecule has 1 rings (SSSR count). The molecule has 0 saturated carbocycles. The zero-order chi connectivity index (χ0) is 11.4. The Morgan fingerprint density at radius 3 is 2.67 bits per heavy atom. The minimum Gasteiger partial charge on any atom is -0.474 e. The maximum atomic E-state index is 5.69. The van der Waals surface area contributed by atoms with E-state index in [9.17, 15) is 0 Å². The lowest BCUT2D eigenvalue weighted by molar-refractivity contribution is 0.163. The van der Waals surface area contributed by atoms with Crippen LogP contribution in [0.3, 0.4) is 0 Å². The molecule has 1 atom stereocenters. The van der Waals surface area contributed by atoms with Gasteiger partial charge in [0.2, 0.25) is 5.88 Å². The van der Waals surface area contributed by atoms with Gasteiger partial charge in [0.15, 0.2) is 0 Å². The zero-order valence-corrected chi connectivity index (χ0v) is 10.0. The average Bonchev–Trinajstić information content (AvgIpc) is 2.18. The van der Waals surface area contributed by atoms with Gasteiger partial charge < -0.3 is 10.5 Å². The fourth-order valence-electron chi connectivity index (χ4n) is 0.984. The molecule has 1 heterocycles. The van der Waals surface area contributed by atoms with Gasteiger partial charge in [0, 0.05) is 6.20 Å². The number of thiocarbonyl (C=S) groups is 1. The highest BCUT2D eigenvalue weighted by Gasteiger charge is 2.13. The van der Waals surface area contributed by atoms with Gasteiger partial charge in [-0.25, -0.2) is 4.98 Å². The Morgan fingerprint density at radius 2 is 2.13 bits per heavy atom. The van der Waals surface area contributed by atoms with Crippen molar-refractivity contribution >= 4 is 17.2 Å². The molecule has 4 heteroatoms. The summed E-state index contributed by atoms with van der Waals surface area (Å²) >= 11 is 4.93. The van der Waals surface area contributed by atoms with E-state index in [1.807, 2.05) is 13.0 Å². The first-order valence-corrected chi connectivity index (χ1v) is 5.34. The van der Waals surface area contributed by atoms with Crippen molar-refractivity contribution in [2.45, 2.75) is 26.9 Å². The quantitative estimate of drug-likeness (QED) is 0.796. The molecule has 0 spiro atoms. The van der Waals surface area contributed by atoms with Crippen LogP contribution in [0.25, 0.3) is 0 Å². The number of hydrogen-bond acceptors (Lipinski definition) is 3. The number of pyridine rings is 1. The van der Waals surface area contributed by atoms with Crippen molar-refractivity contribution in [3.05, 3.63) is 23.9 Å². The molecule has 1 unspecified atom stereocenters. The van der Waals surface area contributed by atoms with Crippen LogP contribution in [0.4, 0.5) is 0 Å². The predicted molar refractivity (Wildman–Crippen MR) is 65.1 cm³/mol. The van der Waals surface area contributed by atoms with Gasteiger partial charge >= 0.3 is 0 Å². The molecule has 82 valence electrons. The Balaban J connectivity index is 2.89. The second-order valence-corrected chi connectivity index (χ2v) is 4.23. The van der Waals surface area contributed by atoms with Crippen LogP contribution in [-0.2, 0) is 0 Å². The van der Waals surface area contributed by atoms with Crippen LogP contribution < -0.4 is 10.5 Å². The third kappa shape index (κ3) is 3.16. The van der Waals surface area contributed by atoms with Crippen molar-refractivity contribution in [1.82, 2.24) is 4.98 Å². The third-order valence-electron chi connectivity index (χ3n) is 2.27. The van der Waals surface area contributed by atoms with Crippen molar-refractivity contribution in [2.75, 3.05) is 0 Å². The van der Waals surface area contributed by atoms with Gasteiger partial charge in [-0.1, -0.05) is 26.1 Å². The fraction of sp³-hybridized carbons (Fsp3) is 0.455. The Labute approximate surface area is 95.7 Å². The Kier molecular flexibility index (Phi) is 4.03. The van der Waals surface area contributed by atoms with Gasteiger partial charge in [-0.2, -0.15) is 0 Å². The number of nitrogens with two attached hydrogens (primary N) is 1. The summed E-state index contributed by atoms with van der Waals surface area (Å²) in [7, 11) is 0. The molecule has 3 nitrogen and oxygen atoms in total. The SMILES string of the molecule is CC(C)C(C)Oc1ncccc1C(N)=S. The zero-order valence-electron chi connectivity index (χ0n) is 9.23. The van der Waals surface area contributed by atoms with Crippen LogP contribution in [0.1, 0.15) is 26.3 Å². The van der Waals surface area contributed by atoms with Gasteiger partial charge in [0.1, 0.15) is 4.99 Å². The summed E-state index contributed by atoms with van der Waals surface area (Å²) in [6.45, 7) is 6.19. The fourth-order valence-corrected chi connectivity index (χ4v) is 1.14.